The van der Waals surface area contributed by atoms with Crippen molar-refractivity contribution in [3.05, 3.63) is 28.8 Å². The summed E-state index contributed by atoms with van der Waals surface area (Å²) in [7, 11) is 0. The number of amides is 1. The molecule has 1 amide bonds. The van der Waals surface area contributed by atoms with E-state index in [4.69, 9.17) is 21.1 Å². The van der Waals surface area contributed by atoms with Crippen molar-refractivity contribution in [3.63, 3.8) is 0 Å². The summed E-state index contributed by atoms with van der Waals surface area (Å²) >= 11 is 6.13. The summed E-state index contributed by atoms with van der Waals surface area (Å²) in [6.07, 6.45) is 3.18. The Kier molecular flexibility index (Phi) is 4.23. The predicted octanol–water partition coefficient (Wildman–Crippen LogP) is 3.04. The zero-order chi connectivity index (χ0) is 14.8. The fourth-order valence-electron chi connectivity index (χ4n) is 1.81. The van der Waals surface area contributed by atoms with E-state index in [0.29, 0.717) is 29.7 Å². The molecular weight excluding hydrogens is 278 g/mol. The van der Waals surface area contributed by atoms with Crippen LogP contribution in [0.3, 0.4) is 0 Å². The maximum Gasteiger partial charge on any atom is 0.244 e. The molecule has 0 bridgehead atoms. The van der Waals surface area contributed by atoms with E-state index < -0.39 is 0 Å². The summed E-state index contributed by atoms with van der Waals surface area (Å²) in [6, 6.07) is 3.55. The van der Waals surface area contributed by atoms with Crippen LogP contribution in [0.25, 0.3) is 6.08 Å². The molecule has 0 saturated carbocycles. The molecule has 0 radical (unpaired) electrons. The first-order valence-corrected chi connectivity index (χ1v) is 6.82. The van der Waals surface area contributed by atoms with E-state index in [1.165, 1.54) is 6.08 Å². The van der Waals surface area contributed by atoms with Gasteiger partial charge in [-0.3, -0.25) is 4.79 Å². The van der Waals surface area contributed by atoms with Gasteiger partial charge in [0.2, 0.25) is 5.91 Å². The molecule has 4 nitrogen and oxygen atoms in total. The quantitative estimate of drug-likeness (QED) is 0.853. The minimum atomic E-state index is -0.258. The fraction of sp³-hybridized carbons (Fsp3) is 0.400. The van der Waals surface area contributed by atoms with Crippen LogP contribution in [-0.2, 0) is 4.79 Å². The van der Waals surface area contributed by atoms with E-state index in [0.717, 1.165) is 5.56 Å². The molecule has 1 heterocycles. The standard InChI is InChI=1S/C15H18ClNO3/c1-15(2,3)17-13(18)5-4-10-8-11(16)14-12(9-10)19-6-7-20-14/h4-5,8-9H,6-7H2,1-3H3,(H,17,18)/b5-4+. The lowest BCUT2D eigenvalue weighted by Gasteiger charge is -2.20. The number of halogens is 1. The fourth-order valence-corrected chi connectivity index (χ4v) is 2.08. The van der Waals surface area contributed by atoms with Gasteiger partial charge in [0.25, 0.3) is 0 Å². The number of hydrogen-bond donors (Lipinski definition) is 1. The molecule has 1 aromatic carbocycles. The zero-order valence-electron chi connectivity index (χ0n) is 11.8. The Hall–Kier alpha value is -1.68. The monoisotopic (exact) mass is 295 g/mol. The molecule has 1 aliphatic rings. The first-order valence-electron chi connectivity index (χ1n) is 6.44. The maximum atomic E-state index is 11.7. The number of hydrogen-bond acceptors (Lipinski definition) is 3. The van der Waals surface area contributed by atoms with Gasteiger partial charge in [0.15, 0.2) is 11.5 Å². The smallest absolute Gasteiger partial charge is 0.244 e. The van der Waals surface area contributed by atoms with Gasteiger partial charge in [-0.2, -0.15) is 0 Å². The van der Waals surface area contributed by atoms with Gasteiger partial charge in [0.05, 0.1) is 5.02 Å². The van der Waals surface area contributed by atoms with E-state index in [-0.39, 0.29) is 11.4 Å². The number of benzene rings is 1. The van der Waals surface area contributed by atoms with Crippen molar-refractivity contribution in [1.29, 1.82) is 0 Å². The lowest BCUT2D eigenvalue weighted by Crippen LogP contribution is -2.39. The second kappa shape index (κ2) is 5.75. The zero-order valence-corrected chi connectivity index (χ0v) is 12.6. The van der Waals surface area contributed by atoms with Crippen LogP contribution in [-0.4, -0.2) is 24.7 Å². The highest BCUT2D eigenvalue weighted by molar-refractivity contribution is 6.32. The van der Waals surface area contributed by atoms with Crippen LogP contribution >= 0.6 is 11.6 Å². The van der Waals surface area contributed by atoms with Crippen LogP contribution < -0.4 is 14.8 Å². The Morgan fingerprint density at radius 2 is 2.00 bits per heavy atom. The highest BCUT2D eigenvalue weighted by Crippen LogP contribution is 2.38. The highest BCUT2D eigenvalue weighted by Gasteiger charge is 2.16. The molecule has 108 valence electrons. The molecule has 1 N–H and O–H groups in total. The number of nitrogens with one attached hydrogen (secondary N) is 1. The maximum absolute atomic E-state index is 11.7. The summed E-state index contributed by atoms with van der Waals surface area (Å²) < 4.78 is 10.9. The number of fused-ring (bicyclic) bond motifs is 1. The molecular formula is C15H18ClNO3. The van der Waals surface area contributed by atoms with Gasteiger partial charge in [-0.05, 0) is 44.5 Å². The summed E-state index contributed by atoms with van der Waals surface area (Å²) in [4.78, 5) is 11.7. The van der Waals surface area contributed by atoms with Gasteiger partial charge in [0.1, 0.15) is 13.2 Å². The summed E-state index contributed by atoms with van der Waals surface area (Å²) in [5.41, 5.74) is 0.537. The van der Waals surface area contributed by atoms with Crippen molar-refractivity contribution in [2.75, 3.05) is 13.2 Å². The van der Waals surface area contributed by atoms with Crippen LogP contribution in [0.5, 0.6) is 11.5 Å². The molecule has 0 saturated heterocycles. The third-order valence-electron chi connectivity index (χ3n) is 2.54. The van der Waals surface area contributed by atoms with Gasteiger partial charge in [-0.25, -0.2) is 0 Å². The third kappa shape index (κ3) is 3.90. The van der Waals surface area contributed by atoms with Gasteiger partial charge >= 0.3 is 0 Å². The van der Waals surface area contributed by atoms with Gasteiger partial charge in [-0.1, -0.05) is 11.6 Å². The van der Waals surface area contributed by atoms with Crippen molar-refractivity contribution >= 4 is 23.6 Å². The number of rotatable bonds is 2. The Morgan fingerprint density at radius 3 is 2.70 bits per heavy atom. The number of carbonyl (C=O) groups is 1. The first-order chi connectivity index (χ1) is 9.35. The number of ether oxygens (including phenoxy) is 2. The molecule has 1 aromatic rings. The lowest BCUT2D eigenvalue weighted by atomic mass is 10.1. The average Bonchev–Trinajstić information content (AvgIpc) is 2.34. The van der Waals surface area contributed by atoms with E-state index in [2.05, 4.69) is 5.32 Å². The second-order valence-corrected chi connectivity index (χ2v) is 6.01. The summed E-state index contributed by atoms with van der Waals surface area (Å²) in [6.45, 7) is 6.79. The van der Waals surface area contributed by atoms with Crippen molar-refractivity contribution in [2.45, 2.75) is 26.3 Å². The lowest BCUT2D eigenvalue weighted by molar-refractivity contribution is -0.117. The second-order valence-electron chi connectivity index (χ2n) is 5.60. The van der Waals surface area contributed by atoms with Crippen LogP contribution in [0.2, 0.25) is 5.02 Å². The van der Waals surface area contributed by atoms with E-state index in [1.807, 2.05) is 20.8 Å². The van der Waals surface area contributed by atoms with Gasteiger partial charge in [0, 0.05) is 11.6 Å². The highest BCUT2D eigenvalue weighted by atomic mass is 35.5. The molecule has 0 atom stereocenters. The van der Waals surface area contributed by atoms with Crippen LogP contribution in [0, 0.1) is 0 Å². The average molecular weight is 296 g/mol. The molecule has 0 aliphatic carbocycles. The molecule has 20 heavy (non-hydrogen) atoms. The third-order valence-corrected chi connectivity index (χ3v) is 2.83. The summed E-state index contributed by atoms with van der Waals surface area (Å²) in [5.74, 6) is 1.03. The van der Waals surface area contributed by atoms with Crippen LogP contribution in [0.4, 0.5) is 0 Å². The molecule has 2 rings (SSSR count). The van der Waals surface area contributed by atoms with Crippen molar-refractivity contribution in [2.24, 2.45) is 0 Å². The molecule has 0 spiro atoms. The van der Waals surface area contributed by atoms with E-state index in [1.54, 1.807) is 18.2 Å². The van der Waals surface area contributed by atoms with Crippen LogP contribution in [0.15, 0.2) is 18.2 Å². The Morgan fingerprint density at radius 1 is 1.30 bits per heavy atom. The molecule has 0 unspecified atom stereocenters. The molecule has 0 fully saturated rings. The first kappa shape index (κ1) is 14.7. The number of carbonyl (C=O) groups excluding carboxylic acids is 1. The van der Waals surface area contributed by atoms with Gasteiger partial charge < -0.3 is 14.8 Å². The van der Waals surface area contributed by atoms with E-state index >= 15 is 0 Å². The molecule has 0 aromatic heterocycles. The SMILES string of the molecule is CC(C)(C)NC(=O)/C=C/c1cc(Cl)c2c(c1)OCCO2. The van der Waals surface area contributed by atoms with E-state index in [9.17, 15) is 4.79 Å². The minimum absolute atomic E-state index is 0.150. The summed E-state index contributed by atoms with van der Waals surface area (Å²) in [5, 5.41) is 3.34. The Bertz CT molecular complexity index is 547. The Labute approximate surface area is 123 Å². The van der Waals surface area contributed by atoms with Crippen LogP contribution in [0.1, 0.15) is 26.3 Å². The topological polar surface area (TPSA) is 47.6 Å². The molecule has 1 aliphatic heterocycles. The van der Waals surface area contributed by atoms with Crippen molar-refractivity contribution in [3.8, 4) is 11.5 Å². The predicted molar refractivity (Wildman–Crippen MR) is 79.4 cm³/mol. The normalized spacial score (nSPS) is 14.4. The molecule has 5 heteroatoms. The minimum Gasteiger partial charge on any atom is -0.486 e. The van der Waals surface area contributed by atoms with Crippen molar-refractivity contribution < 1.29 is 14.3 Å². The largest absolute Gasteiger partial charge is 0.486 e. The van der Waals surface area contributed by atoms with Crippen molar-refractivity contribution in [1.82, 2.24) is 5.32 Å². The Balaban J connectivity index is 2.14. The van der Waals surface area contributed by atoms with Gasteiger partial charge in [-0.15, -0.1) is 0 Å².